The molecule has 0 atom stereocenters. The number of rotatable bonds is 7. The van der Waals surface area contributed by atoms with Crippen molar-refractivity contribution in [2.24, 2.45) is 0 Å². The fourth-order valence-electron chi connectivity index (χ4n) is 2.08. The Bertz CT molecular complexity index is 566. The Morgan fingerprint density at radius 1 is 1.29 bits per heavy atom. The summed E-state index contributed by atoms with van der Waals surface area (Å²) in [6.45, 7) is 5.49. The number of carbonyl (C=O) groups is 1. The number of benzene rings is 1. The van der Waals surface area contributed by atoms with Crippen LogP contribution in [0.25, 0.3) is 0 Å². The van der Waals surface area contributed by atoms with Crippen molar-refractivity contribution in [2.45, 2.75) is 26.9 Å². The molecule has 112 valence electrons. The molecule has 0 N–H and O–H groups in total. The van der Waals surface area contributed by atoms with E-state index in [9.17, 15) is 4.79 Å². The van der Waals surface area contributed by atoms with Crippen LogP contribution in [0.4, 0.5) is 0 Å². The van der Waals surface area contributed by atoms with E-state index in [4.69, 9.17) is 9.15 Å². The molecule has 0 saturated heterocycles. The molecule has 2 rings (SSSR count). The maximum Gasteiger partial charge on any atom is 0.320 e. The lowest BCUT2D eigenvalue weighted by molar-refractivity contribution is -0.144. The molecule has 0 unspecified atom stereocenters. The Hall–Kier alpha value is -2.14. The quantitative estimate of drug-likeness (QED) is 0.733. The predicted molar refractivity (Wildman–Crippen MR) is 78.4 cm³/mol. The smallest absolute Gasteiger partial charge is 0.320 e. The minimum Gasteiger partial charge on any atom is -0.465 e. The van der Waals surface area contributed by atoms with Crippen molar-refractivity contribution in [1.29, 1.82) is 0 Å². The molecule has 0 amide bonds. The number of hydrogen-bond donors (Lipinski definition) is 0. The van der Waals surface area contributed by atoms with Crippen LogP contribution < -0.4 is 0 Å². The second-order valence-corrected chi connectivity index (χ2v) is 4.80. The van der Waals surface area contributed by atoms with Crippen molar-refractivity contribution in [3.63, 3.8) is 0 Å². The monoisotopic (exact) mass is 288 g/mol. The summed E-state index contributed by atoms with van der Waals surface area (Å²) in [6, 6.07) is 10.0. The lowest BCUT2D eigenvalue weighted by Crippen LogP contribution is -2.30. The largest absolute Gasteiger partial charge is 0.465 e. The van der Waals surface area contributed by atoms with Gasteiger partial charge in [0.1, 0.15) is 5.76 Å². The Labute approximate surface area is 124 Å². The highest BCUT2D eigenvalue weighted by Gasteiger charge is 2.16. The van der Waals surface area contributed by atoms with Gasteiger partial charge < -0.3 is 9.15 Å². The lowest BCUT2D eigenvalue weighted by Gasteiger charge is -2.20. The molecule has 1 aromatic heterocycles. The summed E-state index contributed by atoms with van der Waals surface area (Å²) in [5.41, 5.74) is 1.98. The van der Waals surface area contributed by atoms with Crippen LogP contribution >= 0.6 is 0 Å². The molecule has 0 bridgehead atoms. The van der Waals surface area contributed by atoms with Crippen molar-refractivity contribution in [2.75, 3.05) is 13.2 Å². The number of aromatic nitrogens is 1. The highest BCUT2D eigenvalue weighted by Crippen LogP contribution is 2.12. The zero-order chi connectivity index (χ0) is 15.1. The van der Waals surface area contributed by atoms with Gasteiger partial charge in [-0.3, -0.25) is 9.69 Å². The third-order valence-corrected chi connectivity index (χ3v) is 3.12. The predicted octanol–water partition coefficient (Wildman–Crippen LogP) is 2.55. The first-order valence-electron chi connectivity index (χ1n) is 7.00. The summed E-state index contributed by atoms with van der Waals surface area (Å²) in [7, 11) is 0. The van der Waals surface area contributed by atoms with E-state index in [1.165, 1.54) is 6.39 Å². The van der Waals surface area contributed by atoms with Gasteiger partial charge in [-0.05, 0) is 19.4 Å². The average molecular weight is 288 g/mol. The van der Waals surface area contributed by atoms with E-state index in [1.54, 1.807) is 6.92 Å². The van der Waals surface area contributed by atoms with E-state index in [0.29, 0.717) is 19.7 Å². The number of oxazole rings is 1. The Kier molecular flexibility index (Phi) is 5.51. The minimum atomic E-state index is -0.231. The molecule has 0 saturated carbocycles. The van der Waals surface area contributed by atoms with Gasteiger partial charge in [0.2, 0.25) is 0 Å². The fourth-order valence-corrected chi connectivity index (χ4v) is 2.08. The lowest BCUT2D eigenvalue weighted by atomic mass is 10.2. The average Bonchev–Trinajstić information content (AvgIpc) is 2.85. The van der Waals surface area contributed by atoms with Crippen LogP contribution in [0.1, 0.15) is 23.9 Å². The minimum absolute atomic E-state index is 0.225. The zero-order valence-corrected chi connectivity index (χ0v) is 12.4. The number of nitrogens with zero attached hydrogens (tertiary/aromatic N) is 2. The van der Waals surface area contributed by atoms with Gasteiger partial charge in [0.05, 0.1) is 25.4 Å². The van der Waals surface area contributed by atoms with E-state index in [0.717, 1.165) is 17.0 Å². The van der Waals surface area contributed by atoms with Crippen LogP contribution in [0.2, 0.25) is 0 Å². The van der Waals surface area contributed by atoms with Gasteiger partial charge in [0.25, 0.3) is 0 Å². The van der Waals surface area contributed by atoms with Crippen LogP contribution in [0, 0.1) is 6.92 Å². The first-order chi connectivity index (χ1) is 10.2. The third-order valence-electron chi connectivity index (χ3n) is 3.12. The zero-order valence-electron chi connectivity index (χ0n) is 12.4. The van der Waals surface area contributed by atoms with Crippen molar-refractivity contribution >= 4 is 5.97 Å². The SMILES string of the molecule is CCOC(=O)CN(Cc1ccccc1)Cc1ocnc1C. The van der Waals surface area contributed by atoms with E-state index in [-0.39, 0.29) is 12.5 Å². The van der Waals surface area contributed by atoms with Crippen LogP contribution in [0.15, 0.2) is 41.1 Å². The molecular formula is C16H20N2O3. The summed E-state index contributed by atoms with van der Waals surface area (Å²) < 4.78 is 10.4. The van der Waals surface area contributed by atoms with Crippen LogP contribution in [0.5, 0.6) is 0 Å². The maximum absolute atomic E-state index is 11.7. The van der Waals surface area contributed by atoms with Crippen molar-refractivity contribution < 1.29 is 13.9 Å². The fraction of sp³-hybridized carbons (Fsp3) is 0.375. The van der Waals surface area contributed by atoms with E-state index >= 15 is 0 Å². The van der Waals surface area contributed by atoms with Gasteiger partial charge in [-0.2, -0.15) is 0 Å². The summed E-state index contributed by atoms with van der Waals surface area (Å²) in [6.07, 6.45) is 1.43. The molecule has 2 aromatic rings. The Morgan fingerprint density at radius 2 is 2.05 bits per heavy atom. The highest BCUT2D eigenvalue weighted by atomic mass is 16.5. The summed E-state index contributed by atoms with van der Waals surface area (Å²) in [5, 5.41) is 0. The van der Waals surface area contributed by atoms with Crippen molar-refractivity contribution in [1.82, 2.24) is 9.88 Å². The normalized spacial score (nSPS) is 10.8. The summed E-state index contributed by atoms with van der Waals surface area (Å²) >= 11 is 0. The number of esters is 1. The topological polar surface area (TPSA) is 55.6 Å². The van der Waals surface area contributed by atoms with Gasteiger partial charge in [0, 0.05) is 6.54 Å². The number of hydrogen-bond acceptors (Lipinski definition) is 5. The third kappa shape index (κ3) is 4.72. The molecule has 1 heterocycles. The van der Waals surface area contributed by atoms with Gasteiger partial charge in [-0.25, -0.2) is 4.98 Å². The van der Waals surface area contributed by atoms with Crippen LogP contribution in [0.3, 0.4) is 0 Å². The summed E-state index contributed by atoms with van der Waals surface area (Å²) in [4.78, 5) is 17.8. The first kappa shape index (κ1) is 15.3. The Morgan fingerprint density at radius 3 is 2.67 bits per heavy atom. The maximum atomic E-state index is 11.7. The molecule has 0 radical (unpaired) electrons. The van der Waals surface area contributed by atoms with E-state index in [1.807, 2.05) is 42.2 Å². The van der Waals surface area contributed by atoms with Crippen molar-refractivity contribution in [3.05, 3.63) is 53.7 Å². The van der Waals surface area contributed by atoms with Gasteiger partial charge in [-0.15, -0.1) is 0 Å². The molecule has 0 fully saturated rings. The Balaban J connectivity index is 2.06. The molecule has 0 aliphatic rings. The highest BCUT2D eigenvalue weighted by molar-refractivity contribution is 5.71. The standard InChI is InChI=1S/C16H20N2O3/c1-3-20-16(19)11-18(9-14-7-5-4-6-8-14)10-15-13(2)17-12-21-15/h4-8,12H,3,9-11H2,1-2H3. The second-order valence-electron chi connectivity index (χ2n) is 4.80. The van der Waals surface area contributed by atoms with Crippen molar-refractivity contribution in [3.8, 4) is 0 Å². The number of carbonyl (C=O) groups excluding carboxylic acids is 1. The molecule has 0 spiro atoms. The first-order valence-corrected chi connectivity index (χ1v) is 7.00. The van der Waals surface area contributed by atoms with Gasteiger partial charge >= 0.3 is 5.97 Å². The molecule has 21 heavy (non-hydrogen) atoms. The van der Waals surface area contributed by atoms with Crippen LogP contribution in [-0.4, -0.2) is 29.0 Å². The molecule has 5 nitrogen and oxygen atoms in total. The molecule has 0 aliphatic heterocycles. The van der Waals surface area contributed by atoms with Gasteiger partial charge in [0.15, 0.2) is 6.39 Å². The van der Waals surface area contributed by atoms with E-state index in [2.05, 4.69) is 4.98 Å². The molecule has 1 aromatic carbocycles. The van der Waals surface area contributed by atoms with Crippen LogP contribution in [-0.2, 0) is 22.6 Å². The number of aryl methyl sites for hydroxylation is 1. The molecule has 0 aliphatic carbocycles. The van der Waals surface area contributed by atoms with Gasteiger partial charge in [-0.1, -0.05) is 30.3 Å². The second kappa shape index (κ2) is 7.59. The number of ether oxygens (including phenoxy) is 1. The summed E-state index contributed by atoms with van der Waals surface area (Å²) in [5.74, 6) is 0.542. The molecule has 5 heteroatoms. The van der Waals surface area contributed by atoms with E-state index < -0.39 is 0 Å². The molecular weight excluding hydrogens is 268 g/mol.